The standard InChI is InChI=1S/C18H24Cl2N2/c1-11(2)21-7-13-5-18(20)16-10-22(12(3)4)8-14(16)6-17(19)15(13)9-21/h5-6,11-12H,7-10H2,1-4H3/b13-5?,14-6?,17-6+,17-15?,18-5+,18-16?/i5D,6D. The average Bonchev–Trinajstić information content (AvgIpc) is 3.15. The molecule has 0 N–H and O–H groups in total. The summed E-state index contributed by atoms with van der Waals surface area (Å²) < 4.78 is 17.2. The quantitative estimate of drug-likeness (QED) is 0.739. The Kier molecular flexibility index (Phi) is 3.88. The van der Waals surface area contributed by atoms with E-state index in [0.29, 0.717) is 60.4 Å². The van der Waals surface area contributed by atoms with Gasteiger partial charge in [-0.05, 0) is 62.1 Å². The summed E-state index contributed by atoms with van der Waals surface area (Å²) in [7, 11) is 0. The molecule has 0 unspecified atom stereocenters. The molecule has 0 aromatic heterocycles. The van der Waals surface area contributed by atoms with Crippen LogP contribution in [0, 0.1) is 0 Å². The third kappa shape index (κ3) is 2.94. The van der Waals surface area contributed by atoms with E-state index in [9.17, 15) is 0 Å². The van der Waals surface area contributed by atoms with Crippen molar-refractivity contribution in [2.24, 2.45) is 0 Å². The van der Waals surface area contributed by atoms with Gasteiger partial charge in [-0.25, -0.2) is 0 Å². The molecular formula is C18H24Cl2N2. The normalized spacial score (nSPS) is 32.5. The second kappa shape index (κ2) is 6.16. The second-order valence-electron chi connectivity index (χ2n) is 6.79. The minimum absolute atomic E-state index is 0.361. The molecule has 4 heteroatoms. The van der Waals surface area contributed by atoms with Gasteiger partial charge in [-0.1, -0.05) is 23.2 Å². The molecule has 22 heavy (non-hydrogen) atoms. The summed E-state index contributed by atoms with van der Waals surface area (Å²) >= 11 is 13.3. The van der Waals surface area contributed by atoms with Crippen LogP contribution in [0.15, 0.2) is 44.5 Å². The van der Waals surface area contributed by atoms with E-state index in [-0.39, 0.29) is 0 Å². The lowest BCUT2D eigenvalue weighted by Crippen LogP contribution is -2.29. The molecule has 0 fully saturated rings. The van der Waals surface area contributed by atoms with Crippen molar-refractivity contribution in [2.45, 2.75) is 39.8 Å². The minimum Gasteiger partial charge on any atom is -0.292 e. The van der Waals surface area contributed by atoms with Gasteiger partial charge in [0.25, 0.3) is 0 Å². The Hall–Kier alpha value is -0.540. The zero-order valence-corrected chi connectivity index (χ0v) is 15.1. The van der Waals surface area contributed by atoms with E-state index in [4.69, 9.17) is 25.9 Å². The predicted molar refractivity (Wildman–Crippen MR) is 95.3 cm³/mol. The summed E-state index contributed by atoms with van der Waals surface area (Å²) in [6, 6.07) is 1.47. The second-order valence-corrected chi connectivity index (χ2v) is 7.55. The van der Waals surface area contributed by atoms with E-state index in [1.165, 1.54) is 0 Å². The summed E-state index contributed by atoms with van der Waals surface area (Å²) in [6.07, 6.45) is 0. The molecule has 0 aromatic carbocycles. The van der Waals surface area contributed by atoms with Crippen LogP contribution in [-0.2, 0) is 0 Å². The Balaban J connectivity index is 2.09. The fraction of sp³-hybridized carbons (Fsp3) is 0.556. The highest BCUT2D eigenvalue weighted by atomic mass is 35.5. The number of rotatable bonds is 2. The molecule has 0 radical (unpaired) electrons. The fourth-order valence-electron chi connectivity index (χ4n) is 3.09. The molecule has 0 bridgehead atoms. The number of hydrogen-bond acceptors (Lipinski definition) is 2. The average molecular weight is 341 g/mol. The zero-order valence-electron chi connectivity index (χ0n) is 15.6. The first-order valence-electron chi connectivity index (χ1n) is 8.88. The summed E-state index contributed by atoms with van der Waals surface area (Å²) in [5, 5.41) is 0.973. The molecule has 1 aliphatic carbocycles. The van der Waals surface area contributed by atoms with E-state index >= 15 is 0 Å². The zero-order chi connectivity index (χ0) is 17.8. The Labute approximate surface area is 146 Å². The van der Waals surface area contributed by atoms with Crippen LogP contribution < -0.4 is 0 Å². The molecule has 3 rings (SSSR count). The van der Waals surface area contributed by atoms with Gasteiger partial charge in [0.05, 0.1) is 2.74 Å². The highest BCUT2D eigenvalue weighted by Gasteiger charge is 2.30. The molecule has 0 saturated heterocycles. The maximum atomic E-state index is 8.62. The Morgan fingerprint density at radius 3 is 1.50 bits per heavy atom. The van der Waals surface area contributed by atoms with Gasteiger partial charge in [-0.3, -0.25) is 9.80 Å². The number of nitrogens with zero attached hydrogens (tertiary/aromatic N) is 2. The van der Waals surface area contributed by atoms with Gasteiger partial charge in [0, 0.05) is 48.3 Å². The van der Waals surface area contributed by atoms with Crippen LogP contribution in [0.1, 0.15) is 30.4 Å². The molecule has 0 amide bonds. The van der Waals surface area contributed by atoms with Crippen molar-refractivity contribution >= 4 is 23.2 Å². The Morgan fingerprint density at radius 1 is 0.818 bits per heavy atom. The third-order valence-electron chi connectivity index (χ3n) is 4.69. The molecule has 0 saturated carbocycles. The molecular weight excluding hydrogens is 315 g/mol. The number of halogens is 2. The Morgan fingerprint density at radius 2 is 1.18 bits per heavy atom. The van der Waals surface area contributed by atoms with E-state index < -0.39 is 0 Å². The SMILES string of the molecule is [2H]/C1=C(\Cl)C2=C(CN(C(C)C)C2)/C([2H])=C(/Cl)C2=C1CN(C(C)C)C2. The number of hydrogen-bond donors (Lipinski definition) is 0. The summed E-state index contributed by atoms with van der Waals surface area (Å²) in [6.45, 7) is 11.2. The van der Waals surface area contributed by atoms with Crippen LogP contribution in [0.2, 0.25) is 0 Å². The molecule has 0 atom stereocenters. The molecule has 0 spiro atoms. The maximum Gasteiger partial charge on any atom is 0.0642 e. The van der Waals surface area contributed by atoms with Gasteiger partial charge in [0.2, 0.25) is 0 Å². The summed E-state index contributed by atoms with van der Waals surface area (Å²) in [5.41, 5.74) is 3.54. The van der Waals surface area contributed by atoms with Crippen molar-refractivity contribution < 1.29 is 2.74 Å². The van der Waals surface area contributed by atoms with E-state index in [1.54, 1.807) is 0 Å². The van der Waals surface area contributed by atoms with Crippen LogP contribution in [0.5, 0.6) is 0 Å². The molecule has 0 aromatic rings. The van der Waals surface area contributed by atoms with E-state index in [2.05, 4.69) is 37.5 Å². The van der Waals surface area contributed by atoms with Crippen LogP contribution in [-0.4, -0.2) is 48.1 Å². The highest BCUT2D eigenvalue weighted by molar-refractivity contribution is 6.34. The van der Waals surface area contributed by atoms with Crippen LogP contribution in [0.3, 0.4) is 0 Å². The van der Waals surface area contributed by atoms with Crippen molar-refractivity contribution in [3.8, 4) is 0 Å². The first kappa shape index (κ1) is 13.9. The van der Waals surface area contributed by atoms with Gasteiger partial charge in [0.1, 0.15) is 0 Å². The lowest BCUT2D eigenvalue weighted by Gasteiger charge is -2.21. The lowest BCUT2D eigenvalue weighted by molar-refractivity contribution is 0.281. The monoisotopic (exact) mass is 340 g/mol. The Bertz CT molecular complexity index is 594. The lowest BCUT2D eigenvalue weighted by atomic mass is 10.0. The van der Waals surface area contributed by atoms with Gasteiger partial charge in [-0.2, -0.15) is 0 Å². The molecule has 3 aliphatic rings. The maximum absolute atomic E-state index is 8.62. The van der Waals surface area contributed by atoms with Crippen LogP contribution in [0.4, 0.5) is 0 Å². The predicted octanol–water partition coefficient (Wildman–Crippen LogP) is 4.29. The molecule has 2 heterocycles. The molecule has 2 nitrogen and oxygen atoms in total. The first-order valence-corrected chi connectivity index (χ1v) is 8.64. The minimum atomic E-state index is 0.361. The van der Waals surface area contributed by atoms with Gasteiger partial charge < -0.3 is 0 Å². The summed E-state index contributed by atoms with van der Waals surface area (Å²) in [4.78, 5) is 4.52. The van der Waals surface area contributed by atoms with Crippen molar-refractivity contribution in [3.63, 3.8) is 0 Å². The first-order chi connectivity index (χ1) is 11.2. The van der Waals surface area contributed by atoms with Crippen molar-refractivity contribution in [2.75, 3.05) is 26.2 Å². The van der Waals surface area contributed by atoms with Gasteiger partial charge >= 0.3 is 0 Å². The molecule has 120 valence electrons. The topological polar surface area (TPSA) is 6.48 Å². The highest BCUT2D eigenvalue weighted by Crippen LogP contribution is 2.37. The van der Waals surface area contributed by atoms with Gasteiger partial charge in [-0.15, -0.1) is 0 Å². The smallest absolute Gasteiger partial charge is 0.0642 e. The van der Waals surface area contributed by atoms with Crippen LogP contribution >= 0.6 is 23.2 Å². The largest absolute Gasteiger partial charge is 0.292 e. The van der Waals surface area contributed by atoms with Gasteiger partial charge in [0.15, 0.2) is 0 Å². The van der Waals surface area contributed by atoms with Crippen molar-refractivity contribution in [1.82, 2.24) is 9.80 Å². The molecule has 2 aliphatic heterocycles. The fourth-order valence-corrected chi connectivity index (χ4v) is 3.66. The van der Waals surface area contributed by atoms with E-state index in [1.807, 2.05) is 0 Å². The third-order valence-corrected chi connectivity index (χ3v) is 5.33. The van der Waals surface area contributed by atoms with Crippen molar-refractivity contribution in [3.05, 3.63) is 44.5 Å². The van der Waals surface area contributed by atoms with Crippen LogP contribution in [0.25, 0.3) is 0 Å². The van der Waals surface area contributed by atoms with Crippen molar-refractivity contribution in [1.29, 1.82) is 0 Å². The summed E-state index contributed by atoms with van der Waals surface area (Å²) in [5.74, 6) is 0. The van der Waals surface area contributed by atoms with E-state index in [0.717, 1.165) is 22.3 Å².